The van der Waals surface area contributed by atoms with Crippen LogP contribution < -0.4 is 0 Å². The van der Waals surface area contributed by atoms with E-state index in [1.807, 2.05) is 6.07 Å². The predicted molar refractivity (Wildman–Crippen MR) is 66.8 cm³/mol. The van der Waals surface area contributed by atoms with Crippen molar-refractivity contribution in [1.29, 1.82) is 5.26 Å². The number of likely N-dealkylation sites (tertiary alicyclic amines) is 1. The maximum Gasteiger partial charge on any atom is 0.303 e. The van der Waals surface area contributed by atoms with E-state index >= 15 is 0 Å². The van der Waals surface area contributed by atoms with Crippen LogP contribution in [0.25, 0.3) is 0 Å². The van der Waals surface area contributed by atoms with Gasteiger partial charge in [-0.3, -0.25) is 9.69 Å². The summed E-state index contributed by atoms with van der Waals surface area (Å²) in [6.07, 6.45) is 1.04. The highest BCUT2D eigenvalue weighted by Crippen LogP contribution is 2.22. The van der Waals surface area contributed by atoms with Gasteiger partial charge >= 0.3 is 5.97 Å². The molecule has 1 unspecified atom stereocenters. The van der Waals surface area contributed by atoms with Gasteiger partial charge in [0.05, 0.1) is 11.6 Å². The third-order valence-corrected chi connectivity index (χ3v) is 3.42. The second kappa shape index (κ2) is 5.81. The lowest BCUT2D eigenvalue weighted by atomic mass is 10.1. The van der Waals surface area contributed by atoms with Gasteiger partial charge in [-0.2, -0.15) is 5.26 Å². The number of carbonyl (C=O) groups is 1. The Morgan fingerprint density at radius 1 is 1.58 bits per heavy atom. The summed E-state index contributed by atoms with van der Waals surface area (Å²) < 4.78 is 13.0. The number of aliphatic carboxylic acids is 1. The number of nitrogens with zero attached hydrogens (tertiary/aromatic N) is 2. The Labute approximate surface area is 111 Å². The zero-order chi connectivity index (χ0) is 13.8. The van der Waals surface area contributed by atoms with Crippen molar-refractivity contribution < 1.29 is 14.3 Å². The topological polar surface area (TPSA) is 64.3 Å². The summed E-state index contributed by atoms with van der Waals surface area (Å²) in [5.41, 5.74) is 1.14. The zero-order valence-corrected chi connectivity index (χ0v) is 10.5. The van der Waals surface area contributed by atoms with Crippen molar-refractivity contribution in [3.8, 4) is 6.07 Å². The molecule has 0 radical (unpaired) electrons. The molecule has 5 heteroatoms. The molecule has 0 spiro atoms. The molecular formula is C14H15FN2O2. The molecular weight excluding hydrogens is 247 g/mol. The molecule has 0 aliphatic carbocycles. The van der Waals surface area contributed by atoms with Gasteiger partial charge in [-0.25, -0.2) is 4.39 Å². The van der Waals surface area contributed by atoms with Crippen LogP contribution in [-0.2, 0) is 11.3 Å². The maximum absolute atomic E-state index is 13.0. The first-order chi connectivity index (χ1) is 9.08. The normalized spacial score (nSPS) is 19.3. The number of halogens is 1. The van der Waals surface area contributed by atoms with E-state index in [0.29, 0.717) is 18.7 Å². The Hall–Kier alpha value is -1.93. The largest absolute Gasteiger partial charge is 0.481 e. The van der Waals surface area contributed by atoms with E-state index in [9.17, 15) is 9.18 Å². The monoisotopic (exact) mass is 262 g/mol. The van der Waals surface area contributed by atoms with Crippen LogP contribution in [0.5, 0.6) is 0 Å². The summed E-state index contributed by atoms with van der Waals surface area (Å²) in [7, 11) is 0. The average molecular weight is 262 g/mol. The SMILES string of the molecule is N#Cc1cc(F)ccc1CN1CCC(CC(=O)O)C1. The van der Waals surface area contributed by atoms with Gasteiger partial charge in [0.2, 0.25) is 0 Å². The lowest BCUT2D eigenvalue weighted by molar-refractivity contribution is -0.138. The van der Waals surface area contributed by atoms with Crippen molar-refractivity contribution in [1.82, 2.24) is 4.90 Å². The van der Waals surface area contributed by atoms with Crippen molar-refractivity contribution in [2.24, 2.45) is 5.92 Å². The Morgan fingerprint density at radius 3 is 3.05 bits per heavy atom. The Balaban J connectivity index is 2.00. The van der Waals surface area contributed by atoms with E-state index in [2.05, 4.69) is 4.90 Å². The number of carboxylic acids is 1. The van der Waals surface area contributed by atoms with Gasteiger partial charge in [0.25, 0.3) is 0 Å². The van der Waals surface area contributed by atoms with E-state index in [4.69, 9.17) is 10.4 Å². The first kappa shape index (κ1) is 13.5. The molecule has 1 fully saturated rings. The molecule has 1 atom stereocenters. The molecule has 1 aromatic carbocycles. The number of nitriles is 1. The summed E-state index contributed by atoms with van der Waals surface area (Å²) >= 11 is 0. The van der Waals surface area contributed by atoms with Gasteiger partial charge in [0, 0.05) is 19.5 Å². The van der Waals surface area contributed by atoms with E-state index in [1.54, 1.807) is 6.07 Å². The summed E-state index contributed by atoms with van der Waals surface area (Å²) in [4.78, 5) is 12.8. The minimum atomic E-state index is -0.772. The molecule has 1 saturated heterocycles. The smallest absolute Gasteiger partial charge is 0.303 e. The summed E-state index contributed by atoms with van der Waals surface area (Å²) in [5.74, 6) is -1.01. The lowest BCUT2D eigenvalue weighted by Crippen LogP contribution is -2.21. The Morgan fingerprint density at radius 2 is 2.37 bits per heavy atom. The van der Waals surface area contributed by atoms with Crippen LogP contribution in [0.2, 0.25) is 0 Å². The van der Waals surface area contributed by atoms with Gasteiger partial charge < -0.3 is 5.11 Å². The van der Waals surface area contributed by atoms with Gasteiger partial charge in [0.15, 0.2) is 0 Å². The zero-order valence-electron chi connectivity index (χ0n) is 10.5. The second-order valence-corrected chi connectivity index (χ2v) is 4.90. The average Bonchev–Trinajstić information content (AvgIpc) is 2.78. The maximum atomic E-state index is 13.0. The molecule has 0 amide bonds. The van der Waals surface area contributed by atoms with Crippen LogP contribution in [0, 0.1) is 23.1 Å². The van der Waals surface area contributed by atoms with Gasteiger partial charge in [-0.15, -0.1) is 0 Å². The predicted octanol–water partition coefficient (Wildman–Crippen LogP) is 1.99. The summed E-state index contributed by atoms with van der Waals surface area (Å²) in [5, 5.41) is 17.7. The van der Waals surface area contributed by atoms with Crippen molar-refractivity contribution in [2.75, 3.05) is 13.1 Å². The highest BCUT2D eigenvalue weighted by Gasteiger charge is 2.24. The number of benzene rings is 1. The van der Waals surface area contributed by atoms with E-state index in [0.717, 1.165) is 18.5 Å². The molecule has 0 bridgehead atoms. The number of hydrogen-bond acceptors (Lipinski definition) is 3. The third-order valence-electron chi connectivity index (χ3n) is 3.42. The van der Waals surface area contributed by atoms with Gasteiger partial charge in [-0.1, -0.05) is 6.07 Å². The molecule has 0 saturated carbocycles. The highest BCUT2D eigenvalue weighted by molar-refractivity contribution is 5.67. The van der Waals surface area contributed by atoms with Gasteiger partial charge in [0.1, 0.15) is 5.82 Å². The summed E-state index contributed by atoms with van der Waals surface area (Å²) in [6, 6.07) is 6.20. The molecule has 1 aliphatic heterocycles. The highest BCUT2D eigenvalue weighted by atomic mass is 19.1. The molecule has 0 aromatic heterocycles. The van der Waals surface area contributed by atoms with Crippen LogP contribution in [-0.4, -0.2) is 29.1 Å². The molecule has 1 aliphatic rings. The molecule has 2 rings (SSSR count). The first-order valence-electron chi connectivity index (χ1n) is 6.21. The van der Waals surface area contributed by atoms with E-state index in [-0.39, 0.29) is 12.3 Å². The molecule has 100 valence electrons. The Kier molecular flexibility index (Phi) is 4.13. The minimum absolute atomic E-state index is 0.170. The fraction of sp³-hybridized carbons (Fsp3) is 0.429. The van der Waals surface area contributed by atoms with Crippen LogP contribution in [0.3, 0.4) is 0 Å². The van der Waals surface area contributed by atoms with Crippen LogP contribution in [0.4, 0.5) is 4.39 Å². The van der Waals surface area contributed by atoms with Crippen molar-refractivity contribution in [2.45, 2.75) is 19.4 Å². The van der Waals surface area contributed by atoms with Crippen molar-refractivity contribution in [3.63, 3.8) is 0 Å². The van der Waals surface area contributed by atoms with E-state index in [1.165, 1.54) is 12.1 Å². The van der Waals surface area contributed by atoms with Crippen LogP contribution >= 0.6 is 0 Å². The third kappa shape index (κ3) is 3.52. The van der Waals surface area contributed by atoms with Crippen molar-refractivity contribution >= 4 is 5.97 Å². The van der Waals surface area contributed by atoms with Gasteiger partial charge in [-0.05, 0) is 36.6 Å². The van der Waals surface area contributed by atoms with Crippen LogP contribution in [0.1, 0.15) is 24.0 Å². The second-order valence-electron chi connectivity index (χ2n) is 4.90. The molecule has 1 N–H and O–H groups in total. The lowest BCUT2D eigenvalue weighted by Gasteiger charge is -2.16. The number of carboxylic acid groups (broad SMARTS) is 1. The quantitative estimate of drug-likeness (QED) is 0.901. The minimum Gasteiger partial charge on any atom is -0.481 e. The fourth-order valence-corrected chi connectivity index (χ4v) is 2.50. The molecule has 4 nitrogen and oxygen atoms in total. The van der Waals surface area contributed by atoms with Crippen molar-refractivity contribution in [3.05, 3.63) is 35.1 Å². The first-order valence-corrected chi connectivity index (χ1v) is 6.21. The molecule has 1 aromatic rings. The van der Waals surface area contributed by atoms with Crippen LogP contribution in [0.15, 0.2) is 18.2 Å². The molecule has 1 heterocycles. The summed E-state index contributed by atoms with van der Waals surface area (Å²) in [6.45, 7) is 2.11. The standard InChI is InChI=1S/C14H15FN2O2/c15-13-2-1-11(12(6-13)7-16)9-17-4-3-10(8-17)5-14(18)19/h1-2,6,10H,3-5,8-9H2,(H,18,19). The van der Waals surface area contributed by atoms with E-state index < -0.39 is 11.8 Å². The Bertz CT molecular complexity index is 525. The number of hydrogen-bond donors (Lipinski definition) is 1. The number of rotatable bonds is 4. The molecule has 19 heavy (non-hydrogen) atoms. The fourth-order valence-electron chi connectivity index (χ4n) is 2.50.